The number of imidazole rings is 1. The minimum Gasteiger partial charge on any atom is -0.354 e. The van der Waals surface area contributed by atoms with E-state index in [1.165, 1.54) is 0 Å². The van der Waals surface area contributed by atoms with Gasteiger partial charge in [0, 0.05) is 32.4 Å². The normalized spacial score (nSPS) is 13.8. The summed E-state index contributed by atoms with van der Waals surface area (Å²) in [6, 6.07) is 9.37. The molecule has 0 aliphatic rings. The van der Waals surface area contributed by atoms with Crippen LogP contribution in [0, 0.1) is 0 Å². The van der Waals surface area contributed by atoms with Crippen LogP contribution in [-0.2, 0) is 23.8 Å². The average Bonchev–Trinajstić information content (AvgIpc) is 2.85. The number of hydrogen-bond acceptors (Lipinski definition) is 3. The molecule has 5 heteroatoms. The Morgan fingerprint density at radius 2 is 2.10 bits per heavy atom. The van der Waals surface area contributed by atoms with E-state index in [1.807, 2.05) is 48.1 Å². The van der Waals surface area contributed by atoms with E-state index in [1.54, 1.807) is 13.1 Å². The molecule has 0 fully saturated rings. The number of aryl methyl sites for hydroxylation is 1. The number of aromatic nitrogens is 2. The Morgan fingerprint density at radius 1 is 1.40 bits per heavy atom. The number of nitrogens with two attached hydrogens (primary N) is 1. The lowest BCUT2D eigenvalue weighted by Gasteiger charge is -2.24. The summed E-state index contributed by atoms with van der Waals surface area (Å²) in [5.74, 6) is 0.752. The first-order valence-electron chi connectivity index (χ1n) is 6.60. The fourth-order valence-corrected chi connectivity index (χ4v) is 2.02. The summed E-state index contributed by atoms with van der Waals surface area (Å²) >= 11 is 0. The number of carbonyl (C=O) groups excluding carboxylic acids is 1. The maximum Gasteiger partial charge on any atom is 0.244 e. The van der Waals surface area contributed by atoms with Gasteiger partial charge in [0.2, 0.25) is 5.91 Å². The van der Waals surface area contributed by atoms with Crippen molar-refractivity contribution in [3.63, 3.8) is 0 Å². The van der Waals surface area contributed by atoms with E-state index in [0.29, 0.717) is 13.0 Å². The van der Waals surface area contributed by atoms with E-state index in [4.69, 9.17) is 5.73 Å². The molecule has 5 nitrogen and oxygen atoms in total. The number of rotatable bonds is 5. The standard InChI is InChI=1S/C15H20N4O/c1-15(16,12-6-4-3-5-7-12)14(20)18-9-8-13-17-10-11-19(13)2/h3-7,10-11H,8-9,16H2,1-2H3,(H,18,20). The third kappa shape index (κ3) is 3.05. The van der Waals surface area contributed by atoms with Crippen molar-refractivity contribution >= 4 is 5.91 Å². The van der Waals surface area contributed by atoms with Gasteiger partial charge in [0.25, 0.3) is 0 Å². The number of nitrogens with zero attached hydrogens (tertiary/aromatic N) is 2. The van der Waals surface area contributed by atoms with Crippen LogP contribution in [0.4, 0.5) is 0 Å². The van der Waals surface area contributed by atoms with Crippen LogP contribution in [0.3, 0.4) is 0 Å². The van der Waals surface area contributed by atoms with Gasteiger partial charge in [-0.3, -0.25) is 4.79 Å². The minimum atomic E-state index is -1.02. The molecule has 0 spiro atoms. The molecule has 2 aromatic rings. The third-order valence-corrected chi connectivity index (χ3v) is 3.40. The van der Waals surface area contributed by atoms with Crippen molar-refractivity contribution in [2.75, 3.05) is 6.54 Å². The van der Waals surface area contributed by atoms with Gasteiger partial charge in [-0.15, -0.1) is 0 Å². The number of amides is 1. The van der Waals surface area contributed by atoms with Gasteiger partial charge >= 0.3 is 0 Å². The Morgan fingerprint density at radius 3 is 2.70 bits per heavy atom. The molecule has 0 saturated heterocycles. The van der Waals surface area contributed by atoms with E-state index in [0.717, 1.165) is 11.4 Å². The summed E-state index contributed by atoms with van der Waals surface area (Å²) < 4.78 is 1.94. The first-order chi connectivity index (χ1) is 9.51. The Labute approximate surface area is 118 Å². The highest BCUT2D eigenvalue weighted by atomic mass is 16.2. The topological polar surface area (TPSA) is 72.9 Å². The van der Waals surface area contributed by atoms with E-state index in [2.05, 4.69) is 10.3 Å². The van der Waals surface area contributed by atoms with Crippen LogP contribution < -0.4 is 11.1 Å². The molecule has 3 N–H and O–H groups in total. The van der Waals surface area contributed by atoms with Crippen molar-refractivity contribution in [2.45, 2.75) is 18.9 Å². The molecular formula is C15H20N4O. The van der Waals surface area contributed by atoms with E-state index in [-0.39, 0.29) is 5.91 Å². The van der Waals surface area contributed by atoms with Crippen molar-refractivity contribution in [3.05, 3.63) is 54.1 Å². The second kappa shape index (κ2) is 5.88. The highest BCUT2D eigenvalue weighted by Crippen LogP contribution is 2.17. The van der Waals surface area contributed by atoms with Crippen LogP contribution in [0.1, 0.15) is 18.3 Å². The van der Waals surface area contributed by atoms with Crippen molar-refractivity contribution < 1.29 is 4.79 Å². The number of benzene rings is 1. The fourth-order valence-electron chi connectivity index (χ4n) is 2.02. The second-order valence-corrected chi connectivity index (χ2v) is 5.03. The van der Waals surface area contributed by atoms with E-state index >= 15 is 0 Å². The molecule has 1 aromatic carbocycles. The first-order valence-corrected chi connectivity index (χ1v) is 6.60. The second-order valence-electron chi connectivity index (χ2n) is 5.03. The zero-order valence-corrected chi connectivity index (χ0v) is 11.8. The average molecular weight is 272 g/mol. The third-order valence-electron chi connectivity index (χ3n) is 3.40. The molecule has 20 heavy (non-hydrogen) atoms. The van der Waals surface area contributed by atoms with Crippen molar-refractivity contribution in [1.29, 1.82) is 0 Å². The van der Waals surface area contributed by atoms with Crippen molar-refractivity contribution in [3.8, 4) is 0 Å². The molecule has 0 saturated carbocycles. The zero-order chi connectivity index (χ0) is 14.6. The number of hydrogen-bond donors (Lipinski definition) is 2. The van der Waals surface area contributed by atoms with Crippen LogP contribution in [0.15, 0.2) is 42.7 Å². The largest absolute Gasteiger partial charge is 0.354 e. The van der Waals surface area contributed by atoms with Gasteiger partial charge < -0.3 is 15.6 Å². The van der Waals surface area contributed by atoms with E-state index < -0.39 is 5.54 Å². The van der Waals surface area contributed by atoms with Gasteiger partial charge in [-0.05, 0) is 12.5 Å². The Kier molecular flexibility index (Phi) is 4.20. The summed E-state index contributed by atoms with van der Waals surface area (Å²) in [5, 5.41) is 2.87. The SMILES string of the molecule is Cn1ccnc1CCNC(=O)C(C)(N)c1ccccc1. The molecule has 106 valence electrons. The molecule has 0 radical (unpaired) electrons. The monoisotopic (exact) mass is 272 g/mol. The van der Waals surface area contributed by atoms with Crippen molar-refractivity contribution in [2.24, 2.45) is 12.8 Å². The minimum absolute atomic E-state index is 0.182. The molecule has 1 aromatic heterocycles. The molecule has 1 atom stereocenters. The quantitative estimate of drug-likeness (QED) is 0.851. The maximum absolute atomic E-state index is 12.2. The lowest BCUT2D eigenvalue weighted by molar-refractivity contribution is -0.126. The summed E-state index contributed by atoms with van der Waals surface area (Å²) in [5.41, 5.74) is 5.91. The molecule has 1 amide bonds. The number of nitrogens with one attached hydrogen (secondary N) is 1. The molecule has 0 aliphatic heterocycles. The van der Waals surface area contributed by atoms with Crippen LogP contribution >= 0.6 is 0 Å². The predicted octanol–water partition coefficient (Wildman–Crippen LogP) is 0.953. The molecule has 1 heterocycles. The van der Waals surface area contributed by atoms with Crippen LogP contribution in [0.5, 0.6) is 0 Å². The van der Waals surface area contributed by atoms with Crippen molar-refractivity contribution in [1.82, 2.24) is 14.9 Å². The summed E-state index contributed by atoms with van der Waals surface area (Å²) in [6.07, 6.45) is 4.31. The lowest BCUT2D eigenvalue weighted by atomic mass is 9.92. The number of carbonyl (C=O) groups is 1. The van der Waals surface area contributed by atoms with Crippen LogP contribution in [0.2, 0.25) is 0 Å². The molecular weight excluding hydrogens is 252 g/mol. The highest BCUT2D eigenvalue weighted by Gasteiger charge is 2.29. The van der Waals surface area contributed by atoms with Gasteiger partial charge in [0.05, 0.1) is 0 Å². The summed E-state index contributed by atoms with van der Waals surface area (Å²) in [7, 11) is 1.93. The first kappa shape index (κ1) is 14.3. The van der Waals surface area contributed by atoms with Gasteiger partial charge in [-0.2, -0.15) is 0 Å². The molecule has 0 aliphatic carbocycles. The molecule has 1 unspecified atom stereocenters. The lowest BCUT2D eigenvalue weighted by Crippen LogP contribution is -2.49. The van der Waals surface area contributed by atoms with E-state index in [9.17, 15) is 4.79 Å². The summed E-state index contributed by atoms with van der Waals surface area (Å²) in [6.45, 7) is 2.24. The fraction of sp³-hybridized carbons (Fsp3) is 0.333. The van der Waals surface area contributed by atoms with Gasteiger partial charge in [-0.1, -0.05) is 30.3 Å². The maximum atomic E-state index is 12.2. The molecule has 0 bridgehead atoms. The summed E-state index contributed by atoms with van der Waals surface area (Å²) in [4.78, 5) is 16.4. The van der Waals surface area contributed by atoms with Gasteiger partial charge in [0.1, 0.15) is 11.4 Å². The Bertz CT molecular complexity index is 575. The Balaban J connectivity index is 1.93. The van der Waals surface area contributed by atoms with Gasteiger partial charge in [-0.25, -0.2) is 4.98 Å². The predicted molar refractivity (Wildman–Crippen MR) is 77.9 cm³/mol. The zero-order valence-electron chi connectivity index (χ0n) is 11.8. The van der Waals surface area contributed by atoms with Crippen LogP contribution in [0.25, 0.3) is 0 Å². The molecule has 2 rings (SSSR count). The highest BCUT2D eigenvalue weighted by molar-refractivity contribution is 5.86. The smallest absolute Gasteiger partial charge is 0.244 e. The Hall–Kier alpha value is -2.14. The van der Waals surface area contributed by atoms with Gasteiger partial charge in [0.15, 0.2) is 0 Å². The van der Waals surface area contributed by atoms with Crippen LogP contribution in [-0.4, -0.2) is 22.0 Å².